The highest BCUT2D eigenvalue weighted by Crippen LogP contribution is 1.92. The van der Waals surface area contributed by atoms with E-state index in [1.807, 2.05) is 17.7 Å². The minimum Gasteiger partial charge on any atom is -0.480 e. The molecule has 4 N–H and O–H groups in total. The van der Waals surface area contributed by atoms with Crippen LogP contribution in [0.5, 0.6) is 0 Å². The molecular formula is C8H15N3O3. The zero-order valence-corrected chi connectivity index (χ0v) is 8.05. The van der Waals surface area contributed by atoms with Gasteiger partial charge in [0.1, 0.15) is 5.82 Å². The largest absolute Gasteiger partial charge is 0.480 e. The van der Waals surface area contributed by atoms with Gasteiger partial charge in [0.05, 0.1) is 13.2 Å². The molecule has 6 nitrogen and oxygen atoms in total. The molecule has 0 aliphatic carbocycles. The van der Waals surface area contributed by atoms with Gasteiger partial charge in [0.2, 0.25) is 0 Å². The van der Waals surface area contributed by atoms with E-state index in [4.69, 9.17) is 10.2 Å². The fourth-order valence-corrected chi connectivity index (χ4v) is 0.748. The highest BCUT2D eigenvalue weighted by molar-refractivity contribution is 5.68. The molecule has 1 aromatic heterocycles. The van der Waals surface area contributed by atoms with Crippen LogP contribution in [0.25, 0.3) is 0 Å². The van der Waals surface area contributed by atoms with Crippen LogP contribution >= 0.6 is 0 Å². The lowest BCUT2D eigenvalue weighted by Crippen LogP contribution is -2.10. The molecule has 14 heavy (non-hydrogen) atoms. The van der Waals surface area contributed by atoms with Crippen molar-refractivity contribution in [1.29, 1.82) is 0 Å². The van der Waals surface area contributed by atoms with Crippen molar-refractivity contribution in [3.63, 3.8) is 0 Å². The van der Waals surface area contributed by atoms with E-state index >= 15 is 0 Å². The van der Waals surface area contributed by atoms with Crippen LogP contribution in [0.1, 0.15) is 5.82 Å². The van der Waals surface area contributed by atoms with Crippen molar-refractivity contribution in [2.45, 2.75) is 13.5 Å². The maximum absolute atomic E-state index is 9.24. The van der Waals surface area contributed by atoms with Crippen LogP contribution in [0, 0.1) is 6.92 Å². The van der Waals surface area contributed by atoms with E-state index in [-0.39, 0.29) is 13.2 Å². The van der Waals surface area contributed by atoms with Gasteiger partial charge in [0, 0.05) is 18.9 Å². The van der Waals surface area contributed by atoms with Crippen LogP contribution in [0.4, 0.5) is 0 Å². The quantitative estimate of drug-likeness (QED) is 0.595. The van der Waals surface area contributed by atoms with Gasteiger partial charge >= 0.3 is 5.97 Å². The molecule has 6 heteroatoms. The van der Waals surface area contributed by atoms with Gasteiger partial charge in [-0.3, -0.25) is 4.79 Å². The standard InChI is InChI=1S/C6H10N2O.C2H5NO2/c1-6-7-2-3-8(6)4-5-9;3-1-2(4)5/h2-3,9H,4-5H2,1H3;1,3H2,(H,4,5). The second-order valence-electron chi connectivity index (χ2n) is 2.49. The van der Waals surface area contributed by atoms with Gasteiger partial charge in [-0.15, -0.1) is 0 Å². The number of aliphatic hydroxyl groups excluding tert-OH is 1. The summed E-state index contributed by atoms with van der Waals surface area (Å²) in [7, 11) is 0. The van der Waals surface area contributed by atoms with Crippen LogP contribution in [0.2, 0.25) is 0 Å². The van der Waals surface area contributed by atoms with Crippen molar-refractivity contribution in [3.8, 4) is 0 Å². The topological polar surface area (TPSA) is 101 Å². The average molecular weight is 201 g/mol. The number of nitrogens with two attached hydrogens (primary N) is 1. The van der Waals surface area contributed by atoms with Gasteiger partial charge in [0.25, 0.3) is 0 Å². The van der Waals surface area contributed by atoms with E-state index < -0.39 is 5.97 Å². The van der Waals surface area contributed by atoms with Crippen molar-refractivity contribution in [2.75, 3.05) is 13.2 Å². The minimum absolute atomic E-state index is 0.178. The number of carbonyl (C=O) groups is 1. The van der Waals surface area contributed by atoms with E-state index in [2.05, 4.69) is 10.7 Å². The van der Waals surface area contributed by atoms with Gasteiger partial charge in [-0.05, 0) is 6.92 Å². The van der Waals surface area contributed by atoms with Crippen LogP contribution in [0.3, 0.4) is 0 Å². The SMILES string of the molecule is Cc1nccn1CCO.NCC(=O)O. The first-order valence-corrected chi connectivity index (χ1v) is 4.12. The number of imidazole rings is 1. The summed E-state index contributed by atoms with van der Waals surface area (Å²) in [6.07, 6.45) is 3.58. The Hall–Kier alpha value is -1.40. The Balaban J connectivity index is 0.000000292. The number of aliphatic carboxylic acids is 1. The van der Waals surface area contributed by atoms with Crippen LogP contribution in [-0.2, 0) is 11.3 Å². The normalized spacial score (nSPS) is 9.07. The summed E-state index contributed by atoms with van der Waals surface area (Å²) >= 11 is 0. The molecular weight excluding hydrogens is 186 g/mol. The van der Waals surface area contributed by atoms with Crippen LogP contribution < -0.4 is 5.73 Å². The Morgan fingerprint density at radius 3 is 2.57 bits per heavy atom. The zero-order valence-electron chi connectivity index (χ0n) is 8.05. The third kappa shape index (κ3) is 5.28. The van der Waals surface area contributed by atoms with Crippen LogP contribution in [0.15, 0.2) is 12.4 Å². The molecule has 0 aliphatic heterocycles. The Kier molecular flexibility index (Phi) is 6.34. The molecule has 0 aliphatic rings. The lowest BCUT2D eigenvalue weighted by atomic mass is 10.6. The zero-order chi connectivity index (χ0) is 11.0. The maximum atomic E-state index is 9.24. The summed E-state index contributed by atoms with van der Waals surface area (Å²) in [5.41, 5.74) is 4.57. The van der Waals surface area contributed by atoms with Crippen LogP contribution in [-0.4, -0.2) is 38.9 Å². The second-order valence-corrected chi connectivity index (χ2v) is 2.49. The van der Waals surface area contributed by atoms with Crippen molar-refractivity contribution in [1.82, 2.24) is 9.55 Å². The van der Waals surface area contributed by atoms with Gasteiger partial charge in [-0.2, -0.15) is 0 Å². The number of carboxylic acids is 1. The Morgan fingerprint density at radius 1 is 1.71 bits per heavy atom. The van der Waals surface area contributed by atoms with Gasteiger partial charge in [-0.25, -0.2) is 4.98 Å². The van der Waals surface area contributed by atoms with E-state index in [0.717, 1.165) is 5.82 Å². The summed E-state index contributed by atoms with van der Waals surface area (Å²) in [6.45, 7) is 2.46. The molecule has 1 aromatic rings. The summed E-state index contributed by atoms with van der Waals surface area (Å²) < 4.78 is 1.90. The fraction of sp³-hybridized carbons (Fsp3) is 0.500. The lowest BCUT2D eigenvalue weighted by molar-refractivity contribution is -0.135. The molecule has 1 heterocycles. The number of hydrogen-bond acceptors (Lipinski definition) is 4. The molecule has 0 unspecified atom stereocenters. The number of aliphatic hydroxyl groups is 1. The molecule has 0 saturated carbocycles. The van der Waals surface area contributed by atoms with E-state index in [9.17, 15) is 4.79 Å². The number of aromatic nitrogens is 2. The summed E-state index contributed by atoms with van der Waals surface area (Å²) in [4.78, 5) is 13.2. The van der Waals surface area contributed by atoms with Gasteiger partial charge < -0.3 is 20.5 Å². The molecule has 0 amide bonds. The van der Waals surface area contributed by atoms with Gasteiger partial charge in [-0.1, -0.05) is 0 Å². The molecule has 80 valence electrons. The van der Waals surface area contributed by atoms with Crippen molar-refractivity contribution in [3.05, 3.63) is 18.2 Å². The highest BCUT2D eigenvalue weighted by Gasteiger charge is 1.92. The minimum atomic E-state index is -0.968. The Bertz CT molecular complexity index is 273. The van der Waals surface area contributed by atoms with E-state index in [0.29, 0.717) is 6.54 Å². The van der Waals surface area contributed by atoms with Crippen molar-refractivity contribution >= 4 is 5.97 Å². The molecule has 0 radical (unpaired) electrons. The molecule has 0 fully saturated rings. The molecule has 0 aromatic carbocycles. The maximum Gasteiger partial charge on any atom is 0.317 e. The van der Waals surface area contributed by atoms with E-state index in [1.165, 1.54) is 0 Å². The number of hydrogen-bond donors (Lipinski definition) is 3. The molecule has 0 saturated heterocycles. The van der Waals surface area contributed by atoms with Crippen molar-refractivity contribution in [2.24, 2.45) is 5.73 Å². The number of carboxylic acid groups (broad SMARTS) is 1. The summed E-state index contributed by atoms with van der Waals surface area (Å²) in [6, 6.07) is 0. The Labute approximate surface area is 82.0 Å². The summed E-state index contributed by atoms with van der Waals surface area (Å²) in [5, 5.41) is 16.1. The first kappa shape index (κ1) is 12.6. The number of aryl methyl sites for hydroxylation is 1. The first-order chi connectivity index (χ1) is 6.61. The van der Waals surface area contributed by atoms with E-state index in [1.54, 1.807) is 6.20 Å². The lowest BCUT2D eigenvalue weighted by Gasteiger charge is -1.98. The number of nitrogens with zero attached hydrogens (tertiary/aromatic N) is 2. The third-order valence-corrected chi connectivity index (χ3v) is 1.44. The number of rotatable bonds is 3. The monoisotopic (exact) mass is 201 g/mol. The highest BCUT2D eigenvalue weighted by atomic mass is 16.4. The predicted molar refractivity (Wildman–Crippen MR) is 50.7 cm³/mol. The Morgan fingerprint density at radius 2 is 2.29 bits per heavy atom. The third-order valence-electron chi connectivity index (χ3n) is 1.44. The average Bonchev–Trinajstić information content (AvgIpc) is 2.54. The smallest absolute Gasteiger partial charge is 0.317 e. The fourth-order valence-electron chi connectivity index (χ4n) is 0.748. The predicted octanol–water partition coefficient (Wildman–Crippen LogP) is -0.786. The van der Waals surface area contributed by atoms with Crippen molar-refractivity contribution < 1.29 is 15.0 Å². The summed E-state index contributed by atoms with van der Waals surface area (Å²) in [5.74, 6) is -0.0194. The molecule has 1 rings (SSSR count). The molecule has 0 atom stereocenters. The molecule has 0 spiro atoms. The second kappa shape index (κ2) is 7.05. The molecule has 0 bridgehead atoms. The first-order valence-electron chi connectivity index (χ1n) is 4.12. The van der Waals surface area contributed by atoms with Gasteiger partial charge in [0.15, 0.2) is 0 Å².